The van der Waals surface area contributed by atoms with E-state index < -0.39 is 16.1 Å². The van der Waals surface area contributed by atoms with Gasteiger partial charge in [-0.3, -0.25) is 4.79 Å². The Hall–Kier alpha value is -2.18. The number of hydrogen-bond donors (Lipinski definition) is 2. The monoisotopic (exact) mass is 388 g/mol. The summed E-state index contributed by atoms with van der Waals surface area (Å²) < 4.78 is 28.0. The Morgan fingerprint density at radius 3 is 2.26 bits per heavy atom. The molecule has 5 nitrogen and oxygen atoms in total. The molecule has 0 saturated heterocycles. The van der Waals surface area contributed by atoms with Gasteiger partial charge in [-0.05, 0) is 37.0 Å². The molecule has 0 unspecified atom stereocenters. The zero-order valence-electron chi connectivity index (χ0n) is 16.1. The quantitative estimate of drug-likeness (QED) is 0.693. The Morgan fingerprint density at radius 1 is 1.04 bits per heavy atom. The SMILES string of the molecule is CC[C@H](C)[C@H](NS(=O)(=O)c1ccc(C)cc1)C(=O)NCCc1ccccc1. The molecule has 0 aliphatic carbocycles. The summed E-state index contributed by atoms with van der Waals surface area (Å²) in [4.78, 5) is 12.8. The van der Waals surface area contributed by atoms with E-state index in [1.807, 2.05) is 51.1 Å². The van der Waals surface area contributed by atoms with Gasteiger partial charge in [0.05, 0.1) is 4.90 Å². The van der Waals surface area contributed by atoms with E-state index in [9.17, 15) is 13.2 Å². The van der Waals surface area contributed by atoms with E-state index in [0.29, 0.717) is 19.4 Å². The molecule has 2 N–H and O–H groups in total. The summed E-state index contributed by atoms with van der Waals surface area (Å²) in [6.45, 7) is 6.17. The standard InChI is InChI=1S/C21H28N2O3S/c1-4-17(3)20(21(24)22-15-14-18-8-6-5-7-9-18)23-27(25,26)19-12-10-16(2)11-13-19/h5-13,17,20,23H,4,14-15H2,1-3H3,(H,22,24)/t17-,20-/m0/s1. The summed E-state index contributed by atoms with van der Waals surface area (Å²) in [6.07, 6.45) is 1.39. The molecule has 0 spiro atoms. The van der Waals surface area contributed by atoms with Crippen molar-refractivity contribution in [3.05, 3.63) is 65.7 Å². The van der Waals surface area contributed by atoms with E-state index in [-0.39, 0.29) is 16.7 Å². The lowest BCUT2D eigenvalue weighted by Gasteiger charge is -2.23. The van der Waals surface area contributed by atoms with E-state index in [0.717, 1.165) is 11.1 Å². The molecule has 146 valence electrons. The predicted molar refractivity (Wildman–Crippen MR) is 108 cm³/mol. The summed E-state index contributed by atoms with van der Waals surface area (Å²) in [5, 5.41) is 2.86. The van der Waals surface area contributed by atoms with Crippen LogP contribution in [0.1, 0.15) is 31.4 Å². The fraction of sp³-hybridized carbons (Fsp3) is 0.381. The van der Waals surface area contributed by atoms with Gasteiger partial charge in [-0.2, -0.15) is 4.72 Å². The fourth-order valence-electron chi connectivity index (χ4n) is 2.70. The lowest BCUT2D eigenvalue weighted by Crippen LogP contribution is -2.50. The molecule has 0 heterocycles. The second-order valence-corrected chi connectivity index (χ2v) is 8.54. The van der Waals surface area contributed by atoms with Gasteiger partial charge in [0.1, 0.15) is 6.04 Å². The summed E-state index contributed by atoms with van der Waals surface area (Å²) in [5.41, 5.74) is 2.10. The summed E-state index contributed by atoms with van der Waals surface area (Å²) >= 11 is 0. The average Bonchev–Trinajstić information content (AvgIpc) is 2.66. The Bertz CT molecular complexity index is 833. The van der Waals surface area contributed by atoms with Crippen molar-refractivity contribution < 1.29 is 13.2 Å². The number of amides is 1. The first kappa shape index (κ1) is 21.1. The molecule has 0 radical (unpaired) electrons. The topological polar surface area (TPSA) is 75.3 Å². The summed E-state index contributed by atoms with van der Waals surface area (Å²) in [6, 6.07) is 15.6. The lowest BCUT2D eigenvalue weighted by atomic mass is 9.99. The molecule has 6 heteroatoms. The van der Waals surface area contributed by atoms with Crippen LogP contribution >= 0.6 is 0 Å². The summed E-state index contributed by atoms with van der Waals surface area (Å²) in [7, 11) is -3.76. The van der Waals surface area contributed by atoms with Gasteiger partial charge in [0.15, 0.2) is 0 Å². The minimum atomic E-state index is -3.76. The molecule has 1 amide bonds. The molecule has 2 rings (SSSR count). The van der Waals surface area contributed by atoms with Crippen LogP contribution in [0.15, 0.2) is 59.5 Å². The zero-order valence-corrected chi connectivity index (χ0v) is 16.9. The van der Waals surface area contributed by atoms with Gasteiger partial charge in [-0.25, -0.2) is 8.42 Å². The maximum absolute atomic E-state index is 12.7. The van der Waals surface area contributed by atoms with Gasteiger partial charge >= 0.3 is 0 Å². The van der Waals surface area contributed by atoms with Gasteiger partial charge < -0.3 is 5.32 Å². The van der Waals surface area contributed by atoms with Crippen molar-refractivity contribution >= 4 is 15.9 Å². The van der Waals surface area contributed by atoms with Crippen molar-refractivity contribution in [3.63, 3.8) is 0 Å². The van der Waals surface area contributed by atoms with Crippen LogP contribution < -0.4 is 10.0 Å². The van der Waals surface area contributed by atoms with E-state index in [4.69, 9.17) is 0 Å². The number of nitrogens with one attached hydrogen (secondary N) is 2. The number of carbonyl (C=O) groups is 1. The lowest BCUT2D eigenvalue weighted by molar-refractivity contribution is -0.123. The van der Waals surface area contributed by atoms with Crippen LogP contribution in [0.3, 0.4) is 0 Å². The predicted octanol–water partition coefficient (Wildman–Crippen LogP) is 3.05. The first-order valence-electron chi connectivity index (χ1n) is 9.24. The van der Waals surface area contributed by atoms with Gasteiger partial charge in [-0.15, -0.1) is 0 Å². The molecule has 0 aliphatic heterocycles. The van der Waals surface area contributed by atoms with Crippen molar-refractivity contribution in [1.29, 1.82) is 0 Å². The van der Waals surface area contributed by atoms with E-state index in [2.05, 4.69) is 10.0 Å². The van der Waals surface area contributed by atoms with E-state index >= 15 is 0 Å². The highest BCUT2D eigenvalue weighted by Crippen LogP contribution is 2.15. The Labute approximate surface area is 162 Å². The number of hydrogen-bond acceptors (Lipinski definition) is 3. The molecule has 0 aromatic heterocycles. The van der Waals surface area contributed by atoms with Crippen LogP contribution in [0.2, 0.25) is 0 Å². The maximum Gasteiger partial charge on any atom is 0.241 e. The second kappa shape index (κ2) is 9.67. The highest BCUT2D eigenvalue weighted by Gasteiger charge is 2.29. The second-order valence-electron chi connectivity index (χ2n) is 6.82. The molecule has 2 aromatic rings. The Morgan fingerprint density at radius 2 is 1.67 bits per heavy atom. The van der Waals surface area contributed by atoms with Crippen LogP contribution in [0.25, 0.3) is 0 Å². The number of aryl methyl sites for hydroxylation is 1. The van der Waals surface area contributed by atoms with Crippen LogP contribution in [0.5, 0.6) is 0 Å². The molecule has 0 fully saturated rings. The van der Waals surface area contributed by atoms with Gasteiger partial charge in [-0.1, -0.05) is 68.3 Å². The molecular weight excluding hydrogens is 360 g/mol. The maximum atomic E-state index is 12.7. The molecule has 2 aromatic carbocycles. The number of rotatable bonds is 9. The van der Waals surface area contributed by atoms with Crippen LogP contribution in [0.4, 0.5) is 0 Å². The largest absolute Gasteiger partial charge is 0.354 e. The number of sulfonamides is 1. The van der Waals surface area contributed by atoms with Crippen molar-refractivity contribution in [2.45, 2.75) is 44.6 Å². The molecule has 0 bridgehead atoms. The van der Waals surface area contributed by atoms with Crippen molar-refractivity contribution in [2.75, 3.05) is 6.54 Å². The van der Waals surface area contributed by atoms with Crippen molar-refractivity contribution in [1.82, 2.24) is 10.0 Å². The van der Waals surface area contributed by atoms with Gasteiger partial charge in [0.25, 0.3) is 0 Å². The first-order chi connectivity index (χ1) is 12.8. The van der Waals surface area contributed by atoms with Crippen LogP contribution in [-0.2, 0) is 21.2 Å². The Balaban J connectivity index is 2.05. The minimum Gasteiger partial charge on any atom is -0.354 e. The van der Waals surface area contributed by atoms with Gasteiger partial charge in [0, 0.05) is 6.54 Å². The molecular formula is C21H28N2O3S. The molecule has 2 atom stereocenters. The first-order valence-corrected chi connectivity index (χ1v) is 10.7. The zero-order chi connectivity index (χ0) is 19.9. The molecule has 0 saturated carbocycles. The smallest absolute Gasteiger partial charge is 0.241 e. The van der Waals surface area contributed by atoms with Crippen molar-refractivity contribution in [2.24, 2.45) is 5.92 Å². The minimum absolute atomic E-state index is 0.123. The normalized spacial score (nSPS) is 13.7. The molecule has 0 aliphatic rings. The number of benzene rings is 2. The third-order valence-corrected chi connectivity index (χ3v) is 6.12. The third kappa shape index (κ3) is 6.19. The fourth-order valence-corrected chi connectivity index (χ4v) is 4.01. The van der Waals surface area contributed by atoms with E-state index in [1.54, 1.807) is 24.3 Å². The van der Waals surface area contributed by atoms with Gasteiger partial charge in [0.2, 0.25) is 15.9 Å². The number of carbonyl (C=O) groups excluding carboxylic acids is 1. The van der Waals surface area contributed by atoms with Crippen LogP contribution in [0, 0.1) is 12.8 Å². The highest BCUT2D eigenvalue weighted by molar-refractivity contribution is 7.89. The Kier molecular flexibility index (Phi) is 7.56. The highest BCUT2D eigenvalue weighted by atomic mass is 32.2. The third-order valence-electron chi connectivity index (χ3n) is 4.66. The average molecular weight is 389 g/mol. The molecule has 27 heavy (non-hydrogen) atoms. The van der Waals surface area contributed by atoms with Crippen molar-refractivity contribution in [3.8, 4) is 0 Å². The summed E-state index contributed by atoms with van der Waals surface area (Å²) in [5.74, 6) is -0.419. The van der Waals surface area contributed by atoms with E-state index in [1.165, 1.54) is 0 Å². The van der Waals surface area contributed by atoms with Crippen LogP contribution in [-0.4, -0.2) is 26.9 Å².